The standard InChI is InChI=1S/C23H26N2O4/c1-16(22(27)25-23(28)24-19-10-6-3-7-11-19)29-20-14-12-18(13-15-20)21(26)17-8-4-2-5-9-17/h2,4-5,8-9,12-16,19H,3,6-7,10-11H2,1H3,(H2,24,25,27,28)/t16-/m0/s1. The fourth-order valence-electron chi connectivity index (χ4n) is 3.38. The van der Waals surface area contributed by atoms with Crippen molar-refractivity contribution < 1.29 is 19.1 Å². The van der Waals surface area contributed by atoms with Crippen LogP contribution in [0.4, 0.5) is 4.79 Å². The van der Waals surface area contributed by atoms with E-state index < -0.39 is 18.0 Å². The Hall–Kier alpha value is -3.15. The van der Waals surface area contributed by atoms with Gasteiger partial charge >= 0.3 is 6.03 Å². The highest BCUT2D eigenvalue weighted by atomic mass is 16.5. The lowest BCUT2D eigenvalue weighted by Crippen LogP contribution is -2.48. The number of nitrogens with one attached hydrogen (secondary N) is 2. The van der Waals surface area contributed by atoms with Crippen molar-refractivity contribution in [3.05, 3.63) is 65.7 Å². The van der Waals surface area contributed by atoms with Crippen LogP contribution in [0.3, 0.4) is 0 Å². The van der Waals surface area contributed by atoms with E-state index in [9.17, 15) is 14.4 Å². The predicted molar refractivity (Wildman–Crippen MR) is 110 cm³/mol. The molecule has 1 aliphatic carbocycles. The first-order valence-electron chi connectivity index (χ1n) is 10.0. The maximum atomic E-state index is 12.4. The molecule has 29 heavy (non-hydrogen) atoms. The largest absolute Gasteiger partial charge is 0.481 e. The SMILES string of the molecule is C[C@H](Oc1ccc(C(=O)c2ccccc2)cc1)C(=O)NC(=O)NC1CCCCC1. The molecule has 0 heterocycles. The molecule has 0 spiro atoms. The van der Waals surface area contributed by atoms with Crippen molar-refractivity contribution in [2.45, 2.75) is 51.2 Å². The van der Waals surface area contributed by atoms with Crippen LogP contribution in [0, 0.1) is 0 Å². The van der Waals surface area contributed by atoms with Gasteiger partial charge in [-0.05, 0) is 44.0 Å². The van der Waals surface area contributed by atoms with Crippen LogP contribution in [0.1, 0.15) is 54.9 Å². The molecular formula is C23H26N2O4. The van der Waals surface area contributed by atoms with Gasteiger partial charge in [0.05, 0.1) is 0 Å². The molecule has 6 heteroatoms. The van der Waals surface area contributed by atoms with E-state index in [0.29, 0.717) is 16.9 Å². The highest BCUT2D eigenvalue weighted by Crippen LogP contribution is 2.18. The second-order valence-electron chi connectivity index (χ2n) is 7.28. The summed E-state index contributed by atoms with van der Waals surface area (Å²) in [5.74, 6) is -0.143. The Balaban J connectivity index is 1.50. The van der Waals surface area contributed by atoms with E-state index >= 15 is 0 Å². The van der Waals surface area contributed by atoms with Crippen molar-refractivity contribution >= 4 is 17.7 Å². The summed E-state index contributed by atoms with van der Waals surface area (Å²) in [6, 6.07) is 15.2. The van der Waals surface area contributed by atoms with Gasteiger partial charge in [0.1, 0.15) is 5.75 Å². The maximum Gasteiger partial charge on any atom is 0.321 e. The molecule has 0 saturated heterocycles. The van der Waals surface area contributed by atoms with Crippen LogP contribution in [-0.2, 0) is 4.79 Å². The van der Waals surface area contributed by atoms with Gasteiger partial charge in [-0.25, -0.2) is 4.79 Å². The number of urea groups is 1. The predicted octanol–water partition coefficient (Wildman–Crippen LogP) is 3.84. The van der Waals surface area contributed by atoms with E-state index in [0.717, 1.165) is 25.7 Å². The molecule has 0 unspecified atom stereocenters. The number of imide groups is 1. The molecule has 1 saturated carbocycles. The fraction of sp³-hybridized carbons (Fsp3) is 0.348. The summed E-state index contributed by atoms with van der Waals surface area (Å²) in [7, 11) is 0. The normalized spacial score (nSPS) is 15.2. The van der Waals surface area contributed by atoms with Crippen LogP contribution >= 0.6 is 0 Å². The molecule has 0 aromatic heterocycles. The van der Waals surface area contributed by atoms with E-state index in [1.54, 1.807) is 43.3 Å². The summed E-state index contributed by atoms with van der Waals surface area (Å²) < 4.78 is 5.60. The molecule has 1 fully saturated rings. The van der Waals surface area contributed by atoms with Crippen molar-refractivity contribution in [3.63, 3.8) is 0 Å². The lowest BCUT2D eigenvalue weighted by atomic mass is 9.96. The molecule has 1 atom stereocenters. The highest BCUT2D eigenvalue weighted by molar-refractivity contribution is 6.09. The smallest absolute Gasteiger partial charge is 0.321 e. The van der Waals surface area contributed by atoms with Gasteiger partial charge in [-0.1, -0.05) is 49.6 Å². The number of rotatable bonds is 6. The fourth-order valence-corrected chi connectivity index (χ4v) is 3.38. The third kappa shape index (κ3) is 5.91. The Labute approximate surface area is 170 Å². The Kier molecular flexibility index (Phi) is 7.00. The molecule has 2 N–H and O–H groups in total. The summed E-state index contributed by atoms with van der Waals surface area (Å²) >= 11 is 0. The highest BCUT2D eigenvalue weighted by Gasteiger charge is 2.21. The van der Waals surface area contributed by atoms with E-state index in [1.165, 1.54) is 6.42 Å². The summed E-state index contributed by atoms with van der Waals surface area (Å²) in [5.41, 5.74) is 1.14. The second kappa shape index (κ2) is 9.87. The number of benzene rings is 2. The molecule has 1 aliphatic rings. The number of ether oxygens (including phenoxy) is 1. The van der Waals surface area contributed by atoms with Crippen LogP contribution in [0.2, 0.25) is 0 Å². The van der Waals surface area contributed by atoms with Gasteiger partial charge in [-0.15, -0.1) is 0 Å². The van der Waals surface area contributed by atoms with Crippen LogP contribution in [-0.4, -0.2) is 29.9 Å². The van der Waals surface area contributed by atoms with Crippen LogP contribution in [0.15, 0.2) is 54.6 Å². The summed E-state index contributed by atoms with van der Waals surface area (Å²) in [4.78, 5) is 36.6. The monoisotopic (exact) mass is 394 g/mol. The maximum absolute atomic E-state index is 12.4. The van der Waals surface area contributed by atoms with Crippen LogP contribution < -0.4 is 15.4 Å². The van der Waals surface area contributed by atoms with Gasteiger partial charge in [-0.2, -0.15) is 0 Å². The van der Waals surface area contributed by atoms with Gasteiger partial charge in [0.15, 0.2) is 11.9 Å². The van der Waals surface area contributed by atoms with Crippen molar-refractivity contribution in [2.75, 3.05) is 0 Å². The summed E-state index contributed by atoms with van der Waals surface area (Å²) in [6.07, 6.45) is 4.44. The van der Waals surface area contributed by atoms with E-state index in [4.69, 9.17) is 4.74 Å². The van der Waals surface area contributed by atoms with Crippen LogP contribution in [0.25, 0.3) is 0 Å². The van der Waals surface area contributed by atoms with Crippen molar-refractivity contribution in [3.8, 4) is 5.75 Å². The van der Waals surface area contributed by atoms with Gasteiger partial charge < -0.3 is 10.1 Å². The second-order valence-corrected chi connectivity index (χ2v) is 7.28. The van der Waals surface area contributed by atoms with Gasteiger partial charge in [0, 0.05) is 17.2 Å². The first kappa shape index (κ1) is 20.6. The molecule has 0 radical (unpaired) electrons. The Bertz CT molecular complexity index is 843. The van der Waals surface area contributed by atoms with Crippen LogP contribution in [0.5, 0.6) is 5.75 Å². The Morgan fingerprint density at radius 3 is 2.17 bits per heavy atom. The van der Waals surface area contributed by atoms with E-state index in [-0.39, 0.29) is 11.8 Å². The Morgan fingerprint density at radius 1 is 0.897 bits per heavy atom. The van der Waals surface area contributed by atoms with Gasteiger partial charge in [-0.3, -0.25) is 14.9 Å². The third-order valence-corrected chi connectivity index (χ3v) is 5.01. The molecule has 3 rings (SSSR count). The zero-order valence-electron chi connectivity index (χ0n) is 16.5. The number of carbonyl (C=O) groups is 3. The minimum atomic E-state index is -0.845. The molecule has 2 aromatic carbocycles. The number of hydrogen-bond acceptors (Lipinski definition) is 4. The Morgan fingerprint density at radius 2 is 1.52 bits per heavy atom. The number of hydrogen-bond donors (Lipinski definition) is 2. The minimum Gasteiger partial charge on any atom is -0.481 e. The quantitative estimate of drug-likeness (QED) is 0.729. The van der Waals surface area contributed by atoms with Gasteiger partial charge in [0.25, 0.3) is 5.91 Å². The molecular weight excluding hydrogens is 368 g/mol. The number of carbonyl (C=O) groups excluding carboxylic acids is 3. The van der Waals surface area contributed by atoms with E-state index in [2.05, 4.69) is 10.6 Å². The molecule has 6 nitrogen and oxygen atoms in total. The molecule has 2 aromatic rings. The van der Waals surface area contributed by atoms with Crippen molar-refractivity contribution in [2.24, 2.45) is 0 Å². The first-order valence-corrected chi connectivity index (χ1v) is 10.0. The zero-order chi connectivity index (χ0) is 20.6. The van der Waals surface area contributed by atoms with Gasteiger partial charge in [0.2, 0.25) is 0 Å². The number of ketones is 1. The first-order chi connectivity index (χ1) is 14.0. The molecule has 3 amide bonds. The zero-order valence-corrected chi connectivity index (χ0v) is 16.5. The van der Waals surface area contributed by atoms with Crippen molar-refractivity contribution in [1.82, 2.24) is 10.6 Å². The topological polar surface area (TPSA) is 84.5 Å². The minimum absolute atomic E-state index is 0.0812. The lowest BCUT2D eigenvalue weighted by molar-refractivity contribution is -0.126. The average molecular weight is 394 g/mol. The average Bonchev–Trinajstić information content (AvgIpc) is 2.75. The number of amides is 3. The third-order valence-electron chi connectivity index (χ3n) is 5.01. The lowest BCUT2D eigenvalue weighted by Gasteiger charge is -2.23. The summed E-state index contributed by atoms with van der Waals surface area (Å²) in [5, 5.41) is 5.17. The molecule has 0 bridgehead atoms. The molecule has 152 valence electrons. The summed E-state index contributed by atoms with van der Waals surface area (Å²) in [6.45, 7) is 1.58. The van der Waals surface area contributed by atoms with Crippen molar-refractivity contribution in [1.29, 1.82) is 0 Å². The van der Waals surface area contributed by atoms with E-state index in [1.807, 2.05) is 18.2 Å². The molecule has 0 aliphatic heterocycles.